The minimum Gasteiger partial charge on any atom is -0.466 e. The van der Waals surface area contributed by atoms with Gasteiger partial charge in [-0.3, -0.25) is 14.5 Å². The van der Waals surface area contributed by atoms with Gasteiger partial charge in [-0.15, -0.1) is 0 Å². The summed E-state index contributed by atoms with van der Waals surface area (Å²) in [5.41, 5.74) is 0. The molecule has 94 valence electrons. The van der Waals surface area contributed by atoms with Crippen LogP contribution in [0.3, 0.4) is 0 Å². The SMILES string of the molecule is CCOC(=O)CC(=O)CN(CC)CCOC. The number of ketones is 1. The lowest BCUT2D eigenvalue weighted by atomic mass is 10.2. The van der Waals surface area contributed by atoms with Crippen molar-refractivity contribution in [2.24, 2.45) is 0 Å². The monoisotopic (exact) mass is 231 g/mol. The number of nitrogens with zero attached hydrogens (tertiary/aromatic N) is 1. The maximum absolute atomic E-state index is 11.5. The molecule has 0 atom stereocenters. The van der Waals surface area contributed by atoms with Crippen molar-refractivity contribution in [2.45, 2.75) is 20.3 Å². The second-order valence-electron chi connectivity index (χ2n) is 3.38. The molecule has 0 bridgehead atoms. The summed E-state index contributed by atoms with van der Waals surface area (Å²) in [4.78, 5) is 24.5. The molecular weight excluding hydrogens is 210 g/mol. The zero-order valence-electron chi connectivity index (χ0n) is 10.3. The van der Waals surface area contributed by atoms with E-state index in [4.69, 9.17) is 9.47 Å². The standard InChI is InChI=1S/C11H21NO4/c1-4-12(6-7-15-3)9-10(13)8-11(14)16-5-2/h4-9H2,1-3H3. The summed E-state index contributed by atoms with van der Waals surface area (Å²) in [6.07, 6.45) is -0.142. The molecule has 0 aliphatic carbocycles. The highest BCUT2D eigenvalue weighted by Gasteiger charge is 2.13. The van der Waals surface area contributed by atoms with Gasteiger partial charge in [-0.2, -0.15) is 0 Å². The highest BCUT2D eigenvalue weighted by atomic mass is 16.5. The number of ether oxygens (including phenoxy) is 2. The van der Waals surface area contributed by atoms with Crippen molar-refractivity contribution in [3.8, 4) is 0 Å². The second-order valence-corrected chi connectivity index (χ2v) is 3.38. The van der Waals surface area contributed by atoms with E-state index in [1.54, 1.807) is 14.0 Å². The van der Waals surface area contributed by atoms with Crippen LogP contribution in [0.4, 0.5) is 0 Å². The maximum atomic E-state index is 11.5. The van der Waals surface area contributed by atoms with Crippen LogP contribution in [0.1, 0.15) is 20.3 Å². The first-order valence-electron chi connectivity index (χ1n) is 5.52. The molecule has 0 radical (unpaired) electrons. The minimum absolute atomic E-state index is 0.114. The lowest BCUT2D eigenvalue weighted by Gasteiger charge is -2.18. The molecular formula is C11H21NO4. The molecule has 0 aromatic carbocycles. The second kappa shape index (κ2) is 9.30. The molecule has 0 aliphatic rings. The number of likely N-dealkylation sites (N-methyl/N-ethyl adjacent to an activating group) is 1. The zero-order chi connectivity index (χ0) is 12.4. The van der Waals surface area contributed by atoms with Gasteiger partial charge in [0.05, 0.1) is 19.8 Å². The first kappa shape index (κ1) is 15.1. The number of hydrogen-bond donors (Lipinski definition) is 0. The molecule has 0 aromatic heterocycles. The van der Waals surface area contributed by atoms with Crippen molar-refractivity contribution < 1.29 is 19.1 Å². The average molecular weight is 231 g/mol. The van der Waals surface area contributed by atoms with Gasteiger partial charge >= 0.3 is 5.97 Å². The van der Waals surface area contributed by atoms with Gasteiger partial charge in [-0.25, -0.2) is 0 Å². The fourth-order valence-corrected chi connectivity index (χ4v) is 1.25. The van der Waals surface area contributed by atoms with E-state index in [2.05, 4.69) is 0 Å². The number of methoxy groups -OCH3 is 1. The van der Waals surface area contributed by atoms with Gasteiger partial charge in [0.15, 0.2) is 5.78 Å². The van der Waals surface area contributed by atoms with Gasteiger partial charge in [-0.05, 0) is 13.5 Å². The van der Waals surface area contributed by atoms with Gasteiger partial charge in [0, 0.05) is 13.7 Å². The van der Waals surface area contributed by atoms with Gasteiger partial charge in [0.2, 0.25) is 0 Å². The largest absolute Gasteiger partial charge is 0.466 e. The number of hydrogen-bond acceptors (Lipinski definition) is 5. The Bertz CT molecular complexity index is 218. The minimum atomic E-state index is -0.449. The third-order valence-electron chi connectivity index (χ3n) is 2.11. The van der Waals surface area contributed by atoms with Crippen molar-refractivity contribution in [3.05, 3.63) is 0 Å². The Balaban J connectivity index is 3.86. The molecule has 0 aliphatic heterocycles. The Morgan fingerprint density at radius 1 is 1.25 bits per heavy atom. The number of rotatable bonds is 9. The Labute approximate surface area is 96.7 Å². The molecule has 0 aromatic rings. The molecule has 0 unspecified atom stereocenters. The molecule has 0 saturated heterocycles. The lowest BCUT2D eigenvalue weighted by Crippen LogP contribution is -2.33. The van der Waals surface area contributed by atoms with Crippen LogP contribution in [-0.4, -0.2) is 56.6 Å². The van der Waals surface area contributed by atoms with E-state index in [1.165, 1.54) is 0 Å². The highest BCUT2D eigenvalue weighted by molar-refractivity contribution is 5.96. The number of carbonyl (C=O) groups is 2. The Kier molecular flexibility index (Phi) is 8.75. The Morgan fingerprint density at radius 2 is 1.94 bits per heavy atom. The molecule has 5 heteroatoms. The number of Topliss-reactive ketones (excluding diaryl/α,β-unsaturated/α-hetero) is 1. The lowest BCUT2D eigenvalue weighted by molar-refractivity contribution is -0.145. The van der Waals surface area contributed by atoms with Crippen LogP contribution in [-0.2, 0) is 19.1 Å². The van der Waals surface area contributed by atoms with Crippen molar-refractivity contribution in [2.75, 3.05) is 40.0 Å². The average Bonchev–Trinajstić information content (AvgIpc) is 2.24. The molecule has 5 nitrogen and oxygen atoms in total. The summed E-state index contributed by atoms with van der Waals surface area (Å²) in [5.74, 6) is -0.563. The summed E-state index contributed by atoms with van der Waals surface area (Å²) in [7, 11) is 1.62. The van der Waals surface area contributed by atoms with Crippen LogP contribution in [0, 0.1) is 0 Å². The Morgan fingerprint density at radius 3 is 2.44 bits per heavy atom. The highest BCUT2D eigenvalue weighted by Crippen LogP contribution is 1.94. The van der Waals surface area contributed by atoms with E-state index < -0.39 is 5.97 Å². The topological polar surface area (TPSA) is 55.8 Å². The van der Waals surface area contributed by atoms with Crippen LogP contribution in [0.15, 0.2) is 0 Å². The van der Waals surface area contributed by atoms with E-state index in [0.717, 1.165) is 6.54 Å². The molecule has 0 fully saturated rings. The molecule has 0 N–H and O–H groups in total. The van der Waals surface area contributed by atoms with Crippen LogP contribution in [0.5, 0.6) is 0 Å². The predicted molar refractivity (Wildman–Crippen MR) is 60.2 cm³/mol. The fraction of sp³-hybridized carbons (Fsp3) is 0.818. The fourth-order valence-electron chi connectivity index (χ4n) is 1.25. The number of carbonyl (C=O) groups excluding carboxylic acids is 2. The summed E-state index contributed by atoms with van der Waals surface area (Å²) in [6.45, 7) is 6.32. The van der Waals surface area contributed by atoms with Crippen LogP contribution < -0.4 is 0 Å². The number of esters is 1. The first-order chi connectivity index (χ1) is 7.63. The quantitative estimate of drug-likeness (QED) is 0.426. The molecule has 0 amide bonds. The van der Waals surface area contributed by atoms with E-state index in [1.807, 2.05) is 11.8 Å². The van der Waals surface area contributed by atoms with Crippen LogP contribution in [0.25, 0.3) is 0 Å². The van der Waals surface area contributed by atoms with Crippen molar-refractivity contribution in [1.29, 1.82) is 0 Å². The maximum Gasteiger partial charge on any atom is 0.313 e. The Hall–Kier alpha value is -0.940. The van der Waals surface area contributed by atoms with Gasteiger partial charge in [-0.1, -0.05) is 6.92 Å². The predicted octanol–water partition coefficient (Wildman–Crippen LogP) is 0.477. The summed E-state index contributed by atoms with van der Waals surface area (Å²) in [6, 6.07) is 0. The van der Waals surface area contributed by atoms with Gasteiger partial charge in [0.25, 0.3) is 0 Å². The van der Waals surface area contributed by atoms with Crippen LogP contribution >= 0.6 is 0 Å². The molecule has 0 heterocycles. The van der Waals surface area contributed by atoms with E-state index in [-0.39, 0.29) is 18.7 Å². The summed E-state index contributed by atoms with van der Waals surface area (Å²) >= 11 is 0. The van der Waals surface area contributed by atoms with Crippen molar-refractivity contribution in [3.63, 3.8) is 0 Å². The summed E-state index contributed by atoms with van der Waals surface area (Å²) < 4.78 is 9.64. The van der Waals surface area contributed by atoms with E-state index in [9.17, 15) is 9.59 Å². The molecule has 0 saturated carbocycles. The van der Waals surface area contributed by atoms with Gasteiger partial charge < -0.3 is 9.47 Å². The molecule has 16 heavy (non-hydrogen) atoms. The van der Waals surface area contributed by atoms with Crippen molar-refractivity contribution in [1.82, 2.24) is 4.90 Å². The van der Waals surface area contributed by atoms with E-state index >= 15 is 0 Å². The third kappa shape index (κ3) is 7.36. The first-order valence-corrected chi connectivity index (χ1v) is 5.52. The summed E-state index contributed by atoms with van der Waals surface area (Å²) in [5, 5.41) is 0. The zero-order valence-corrected chi connectivity index (χ0v) is 10.3. The third-order valence-corrected chi connectivity index (χ3v) is 2.11. The molecule has 0 rings (SSSR count). The molecule has 0 spiro atoms. The van der Waals surface area contributed by atoms with Gasteiger partial charge in [0.1, 0.15) is 6.42 Å². The normalized spacial score (nSPS) is 10.5. The van der Waals surface area contributed by atoms with E-state index in [0.29, 0.717) is 19.8 Å². The van der Waals surface area contributed by atoms with Crippen LogP contribution in [0.2, 0.25) is 0 Å². The smallest absolute Gasteiger partial charge is 0.313 e. The van der Waals surface area contributed by atoms with Crippen molar-refractivity contribution >= 4 is 11.8 Å².